The number of amides is 2. The van der Waals surface area contributed by atoms with Crippen LogP contribution in [0, 0.1) is 17.8 Å². The zero-order chi connectivity index (χ0) is 37.1. The van der Waals surface area contributed by atoms with Crippen molar-refractivity contribution in [2.24, 2.45) is 17.8 Å². The second-order valence-electron chi connectivity index (χ2n) is 16.5. The number of ether oxygens (including phenoxy) is 2. The quantitative estimate of drug-likeness (QED) is 0.193. The number of pyridine rings is 1. The SMILES string of the molecule is C=C(/C=C\C(OC)=C(C)C)C1CCC(CN(C(=O)C2CCC(OC(=O)N3CC(O)C3(C)C)CC2)c2cc(-c3cnc(C(C)(C)C)s3)ccn2)CC1. The maximum atomic E-state index is 14.5. The Labute approximate surface area is 308 Å². The maximum absolute atomic E-state index is 14.5. The summed E-state index contributed by atoms with van der Waals surface area (Å²) in [5.74, 6) is 2.23. The van der Waals surface area contributed by atoms with Crippen LogP contribution < -0.4 is 4.90 Å². The first-order chi connectivity index (χ1) is 24.1. The second-order valence-corrected chi connectivity index (χ2v) is 17.5. The van der Waals surface area contributed by atoms with Crippen molar-refractivity contribution in [3.63, 3.8) is 0 Å². The molecule has 2 aliphatic carbocycles. The Bertz CT molecular complexity index is 1620. The van der Waals surface area contributed by atoms with Crippen LogP contribution >= 0.6 is 11.3 Å². The summed E-state index contributed by atoms with van der Waals surface area (Å²) in [5.41, 5.74) is 2.60. The number of thiazole rings is 1. The van der Waals surface area contributed by atoms with E-state index < -0.39 is 11.6 Å². The van der Waals surface area contributed by atoms with E-state index in [4.69, 9.17) is 19.4 Å². The Kier molecular flexibility index (Phi) is 12.2. The molecule has 3 aliphatic rings. The van der Waals surface area contributed by atoms with E-state index in [1.807, 2.05) is 57.0 Å². The summed E-state index contributed by atoms with van der Waals surface area (Å²) in [5, 5.41) is 11.1. The van der Waals surface area contributed by atoms with Crippen molar-refractivity contribution in [2.75, 3.05) is 25.1 Å². The van der Waals surface area contributed by atoms with Gasteiger partial charge < -0.3 is 14.6 Å². The van der Waals surface area contributed by atoms with Gasteiger partial charge in [0.2, 0.25) is 5.91 Å². The van der Waals surface area contributed by atoms with Crippen LogP contribution in [-0.4, -0.2) is 69.9 Å². The third-order valence-electron chi connectivity index (χ3n) is 11.1. The molecule has 0 radical (unpaired) electrons. The first-order valence-corrected chi connectivity index (χ1v) is 19.4. The number of β-amino-alcohol motifs (C(OH)–C–C–N with tert-alkyl or cyclic N) is 1. The van der Waals surface area contributed by atoms with Gasteiger partial charge in [-0.25, -0.2) is 14.8 Å². The summed E-state index contributed by atoms with van der Waals surface area (Å²) in [7, 11) is 1.70. The van der Waals surface area contributed by atoms with Gasteiger partial charge >= 0.3 is 6.09 Å². The number of aliphatic hydroxyl groups is 1. The molecular formula is C41H58N4O5S. The normalized spacial score (nSPS) is 24.8. The Hall–Kier alpha value is -3.50. The van der Waals surface area contributed by atoms with E-state index in [0.29, 0.717) is 49.9 Å². The van der Waals surface area contributed by atoms with Crippen LogP contribution in [0.2, 0.25) is 0 Å². The fraction of sp³-hybridized carbons (Fsp3) is 0.610. The number of nitrogens with zero attached hydrogens (tertiary/aromatic N) is 4. The lowest BCUT2D eigenvalue weighted by atomic mass is 9.78. The van der Waals surface area contributed by atoms with E-state index in [1.54, 1.807) is 29.5 Å². The minimum absolute atomic E-state index is 0.0433. The van der Waals surface area contributed by atoms with Crippen molar-refractivity contribution in [1.82, 2.24) is 14.9 Å². The lowest BCUT2D eigenvalue weighted by Crippen LogP contribution is -2.69. The van der Waals surface area contributed by atoms with Crippen LogP contribution in [-0.2, 0) is 19.7 Å². The van der Waals surface area contributed by atoms with Gasteiger partial charge in [0.25, 0.3) is 0 Å². The van der Waals surface area contributed by atoms with E-state index >= 15 is 0 Å². The van der Waals surface area contributed by atoms with E-state index in [-0.39, 0.29) is 36.0 Å². The number of carbonyl (C=O) groups excluding carboxylic acids is 2. The lowest BCUT2D eigenvalue weighted by Gasteiger charge is -2.51. The number of methoxy groups -OCH3 is 1. The topological polar surface area (TPSA) is 105 Å². The van der Waals surface area contributed by atoms with Crippen molar-refractivity contribution in [3.05, 3.63) is 65.2 Å². The molecule has 1 saturated heterocycles. The van der Waals surface area contributed by atoms with E-state index in [2.05, 4.69) is 33.4 Å². The van der Waals surface area contributed by atoms with Gasteiger partial charge in [0, 0.05) is 30.3 Å². The number of hydrogen-bond acceptors (Lipinski definition) is 8. The third-order valence-corrected chi connectivity index (χ3v) is 12.5. The van der Waals surface area contributed by atoms with Gasteiger partial charge in [0.05, 0.1) is 35.2 Å². The second kappa shape index (κ2) is 16.0. The monoisotopic (exact) mass is 718 g/mol. The Morgan fingerprint density at radius 2 is 1.73 bits per heavy atom. The molecule has 1 unspecified atom stereocenters. The first kappa shape index (κ1) is 38.7. The highest BCUT2D eigenvalue weighted by Crippen LogP contribution is 2.38. The molecule has 10 heteroatoms. The molecule has 1 atom stereocenters. The molecule has 9 nitrogen and oxygen atoms in total. The predicted octanol–water partition coefficient (Wildman–Crippen LogP) is 8.85. The molecule has 2 amide bonds. The highest BCUT2D eigenvalue weighted by molar-refractivity contribution is 7.15. The summed E-state index contributed by atoms with van der Waals surface area (Å²) in [6.45, 7) is 19.6. The van der Waals surface area contributed by atoms with Gasteiger partial charge in [-0.05, 0) is 120 Å². The minimum Gasteiger partial charge on any atom is -0.497 e. The van der Waals surface area contributed by atoms with Gasteiger partial charge in [0.1, 0.15) is 17.7 Å². The maximum Gasteiger partial charge on any atom is 0.410 e. The largest absolute Gasteiger partial charge is 0.497 e. The van der Waals surface area contributed by atoms with Crippen LogP contribution in [0.15, 0.2) is 60.2 Å². The molecule has 2 saturated carbocycles. The van der Waals surface area contributed by atoms with Crippen LogP contribution in [0.3, 0.4) is 0 Å². The average molecular weight is 719 g/mol. The van der Waals surface area contributed by atoms with Crippen LogP contribution in [0.1, 0.15) is 105 Å². The molecule has 0 bridgehead atoms. The Balaban J connectivity index is 1.28. The number of anilines is 1. The van der Waals surface area contributed by atoms with Crippen LogP contribution in [0.25, 0.3) is 10.4 Å². The molecule has 0 aromatic carbocycles. The number of rotatable bonds is 10. The van der Waals surface area contributed by atoms with Crippen molar-refractivity contribution in [1.29, 1.82) is 0 Å². The molecule has 1 N–H and O–H groups in total. The summed E-state index contributed by atoms with van der Waals surface area (Å²) in [4.78, 5) is 41.4. The summed E-state index contributed by atoms with van der Waals surface area (Å²) in [6.07, 6.45) is 13.3. The number of aliphatic hydroxyl groups excluding tert-OH is 1. The molecule has 51 heavy (non-hydrogen) atoms. The van der Waals surface area contributed by atoms with Crippen molar-refractivity contribution in [2.45, 2.75) is 123 Å². The van der Waals surface area contributed by atoms with Gasteiger partial charge in [-0.3, -0.25) is 14.6 Å². The minimum atomic E-state index is -0.623. The van der Waals surface area contributed by atoms with E-state index in [0.717, 1.165) is 58.0 Å². The molecule has 2 aromatic rings. The molecular weight excluding hydrogens is 661 g/mol. The highest BCUT2D eigenvalue weighted by Gasteiger charge is 2.49. The predicted molar refractivity (Wildman–Crippen MR) is 205 cm³/mol. The molecule has 3 fully saturated rings. The number of likely N-dealkylation sites (tertiary alicyclic amines) is 1. The summed E-state index contributed by atoms with van der Waals surface area (Å²) >= 11 is 1.68. The molecule has 0 spiro atoms. The first-order valence-electron chi connectivity index (χ1n) is 18.6. The zero-order valence-electron chi connectivity index (χ0n) is 31.9. The van der Waals surface area contributed by atoms with E-state index in [1.165, 1.54) is 0 Å². The Morgan fingerprint density at radius 3 is 2.29 bits per heavy atom. The number of aromatic nitrogens is 2. The van der Waals surface area contributed by atoms with Gasteiger partial charge in [-0.1, -0.05) is 39.0 Å². The van der Waals surface area contributed by atoms with Gasteiger partial charge in [-0.2, -0.15) is 0 Å². The average Bonchev–Trinajstić information content (AvgIpc) is 3.62. The number of carbonyl (C=O) groups is 2. The fourth-order valence-electron chi connectivity index (χ4n) is 7.36. The van der Waals surface area contributed by atoms with Crippen LogP contribution in [0.4, 0.5) is 10.6 Å². The molecule has 278 valence electrons. The lowest BCUT2D eigenvalue weighted by molar-refractivity contribution is -0.125. The highest BCUT2D eigenvalue weighted by atomic mass is 32.1. The molecule has 3 heterocycles. The van der Waals surface area contributed by atoms with Gasteiger partial charge in [-0.15, -0.1) is 11.3 Å². The summed E-state index contributed by atoms with van der Waals surface area (Å²) < 4.78 is 11.4. The van der Waals surface area contributed by atoms with Crippen molar-refractivity contribution in [3.8, 4) is 10.4 Å². The smallest absolute Gasteiger partial charge is 0.410 e. The van der Waals surface area contributed by atoms with Crippen molar-refractivity contribution < 1.29 is 24.2 Å². The molecule has 1 aliphatic heterocycles. The Morgan fingerprint density at radius 1 is 1.06 bits per heavy atom. The van der Waals surface area contributed by atoms with E-state index in [9.17, 15) is 14.7 Å². The van der Waals surface area contributed by atoms with Crippen LogP contribution in [0.5, 0.6) is 0 Å². The number of allylic oxidation sites excluding steroid dienone is 4. The third kappa shape index (κ3) is 9.12. The van der Waals surface area contributed by atoms with Crippen molar-refractivity contribution >= 4 is 29.2 Å². The summed E-state index contributed by atoms with van der Waals surface area (Å²) in [6, 6.07) is 4.04. The fourth-order valence-corrected chi connectivity index (χ4v) is 8.33. The molecule has 2 aromatic heterocycles. The van der Waals surface area contributed by atoms with Gasteiger partial charge in [0.15, 0.2) is 0 Å². The molecule has 5 rings (SSSR count). The number of hydrogen-bond donors (Lipinski definition) is 1. The standard InChI is InChI=1S/C41H58N4O5S/c1-26(2)33(49-9)19-10-27(3)29-13-11-28(12-14-29)24-44(36-22-31(20-21-42-36)34-23-43-38(51-34)40(4,5)6)37(47)30-15-17-32(18-16-30)50-39(48)45-25-35(46)41(45,7)8/h10,19-23,28-30,32,35,46H,3,11-18,24-25H2,1-2,4-9H3/b19-10-. The zero-order valence-corrected chi connectivity index (χ0v) is 32.7.